The molecule has 0 aliphatic heterocycles. The van der Waals surface area contributed by atoms with E-state index in [4.69, 9.17) is 9.26 Å². The Bertz CT molecular complexity index is 630. The Kier molecular flexibility index (Phi) is 5.20. The van der Waals surface area contributed by atoms with Gasteiger partial charge in [-0.15, -0.1) is 0 Å². The topological polar surface area (TPSA) is 64.4 Å². The predicted octanol–water partition coefficient (Wildman–Crippen LogP) is 3.12. The summed E-state index contributed by atoms with van der Waals surface area (Å²) in [4.78, 5) is 11.8. The van der Waals surface area contributed by atoms with E-state index in [0.29, 0.717) is 12.3 Å². The van der Waals surface area contributed by atoms with Crippen LogP contribution in [0.15, 0.2) is 28.8 Å². The van der Waals surface area contributed by atoms with Crippen molar-refractivity contribution in [3.05, 3.63) is 35.7 Å². The second-order valence-corrected chi connectivity index (χ2v) is 5.39. The third kappa shape index (κ3) is 3.87. The molecule has 22 heavy (non-hydrogen) atoms. The molecule has 0 spiro atoms. The Morgan fingerprint density at radius 2 is 2.00 bits per heavy atom. The van der Waals surface area contributed by atoms with E-state index in [0.717, 1.165) is 22.6 Å². The van der Waals surface area contributed by atoms with Crippen molar-refractivity contribution in [2.24, 2.45) is 0 Å². The van der Waals surface area contributed by atoms with Crippen LogP contribution < -0.4 is 10.1 Å². The number of aromatic nitrogens is 1. The van der Waals surface area contributed by atoms with Crippen LogP contribution in [0.2, 0.25) is 0 Å². The fourth-order valence-electron chi connectivity index (χ4n) is 2.28. The third-order valence-electron chi connectivity index (χ3n) is 3.14. The molecule has 1 heterocycles. The summed E-state index contributed by atoms with van der Waals surface area (Å²) in [7, 11) is 0. The lowest BCUT2D eigenvalue weighted by atomic mass is 10.0. The molecule has 2 rings (SSSR count). The largest absolute Gasteiger partial charge is 0.491 e. The van der Waals surface area contributed by atoms with Crippen LogP contribution >= 0.6 is 0 Å². The van der Waals surface area contributed by atoms with Crippen LogP contribution in [-0.2, 0) is 11.2 Å². The van der Waals surface area contributed by atoms with Gasteiger partial charge in [0.1, 0.15) is 5.75 Å². The maximum atomic E-state index is 11.8. The van der Waals surface area contributed by atoms with E-state index >= 15 is 0 Å². The fourth-order valence-corrected chi connectivity index (χ4v) is 2.28. The maximum Gasteiger partial charge on any atom is 0.227 e. The van der Waals surface area contributed by atoms with Gasteiger partial charge in [-0.3, -0.25) is 4.79 Å². The molecule has 1 aromatic carbocycles. The molecule has 0 unspecified atom stereocenters. The van der Waals surface area contributed by atoms with Crippen molar-refractivity contribution in [1.29, 1.82) is 0 Å². The van der Waals surface area contributed by atoms with Gasteiger partial charge >= 0.3 is 0 Å². The number of nitrogens with one attached hydrogen (secondary N) is 1. The first kappa shape index (κ1) is 16.1. The molecule has 0 aliphatic carbocycles. The van der Waals surface area contributed by atoms with Gasteiger partial charge in [0.05, 0.1) is 18.2 Å². The Hall–Kier alpha value is -2.30. The number of carbonyl (C=O) groups is 1. The molecule has 0 fully saturated rings. The minimum absolute atomic E-state index is 0.0698. The van der Waals surface area contributed by atoms with E-state index in [1.165, 1.54) is 0 Å². The van der Waals surface area contributed by atoms with Crippen LogP contribution in [0, 0.1) is 6.92 Å². The predicted molar refractivity (Wildman–Crippen MR) is 84.8 cm³/mol. The van der Waals surface area contributed by atoms with Crippen molar-refractivity contribution in [2.75, 3.05) is 6.54 Å². The zero-order valence-corrected chi connectivity index (χ0v) is 13.5. The lowest BCUT2D eigenvalue weighted by Gasteiger charge is -2.10. The molecule has 5 heteroatoms. The fraction of sp³-hybridized carbons (Fsp3) is 0.412. The number of aryl methyl sites for hydroxylation is 1. The number of likely N-dealkylation sites (N-methyl/N-ethyl adjacent to an activating group) is 1. The number of ether oxygens (including phenoxy) is 1. The summed E-state index contributed by atoms with van der Waals surface area (Å²) < 4.78 is 11.0. The molecule has 0 saturated carbocycles. The molecule has 118 valence electrons. The van der Waals surface area contributed by atoms with Crippen LogP contribution in [0.4, 0.5) is 0 Å². The van der Waals surface area contributed by atoms with Gasteiger partial charge < -0.3 is 14.6 Å². The number of carbonyl (C=O) groups excluding carboxylic acids is 1. The molecule has 5 nitrogen and oxygen atoms in total. The molecule has 1 aromatic heterocycles. The number of nitrogens with zero attached hydrogens (tertiary/aromatic N) is 1. The summed E-state index contributed by atoms with van der Waals surface area (Å²) in [6.07, 6.45) is 0.324. The highest BCUT2D eigenvalue weighted by molar-refractivity contribution is 5.81. The smallest absolute Gasteiger partial charge is 0.227 e. The molecular weight excluding hydrogens is 280 g/mol. The highest BCUT2D eigenvalue weighted by Gasteiger charge is 2.17. The molecule has 1 N–H and O–H groups in total. The third-order valence-corrected chi connectivity index (χ3v) is 3.14. The minimum Gasteiger partial charge on any atom is -0.491 e. The van der Waals surface area contributed by atoms with Crippen molar-refractivity contribution >= 4 is 5.91 Å². The highest BCUT2D eigenvalue weighted by atomic mass is 16.5. The number of hydrogen-bond acceptors (Lipinski definition) is 4. The average Bonchev–Trinajstić information content (AvgIpc) is 2.80. The monoisotopic (exact) mass is 302 g/mol. The molecule has 0 aliphatic rings. The Balaban J connectivity index is 2.24. The second kappa shape index (κ2) is 7.11. The first-order chi connectivity index (χ1) is 10.5. The van der Waals surface area contributed by atoms with Gasteiger partial charge in [0, 0.05) is 12.1 Å². The standard InChI is InChI=1S/C17H22N2O3/c1-5-18-16(20)10-15-17(12(4)19-22-15)13-6-8-14(9-7-13)21-11(2)3/h6-9,11H,5,10H2,1-4H3,(H,18,20). The van der Waals surface area contributed by atoms with E-state index < -0.39 is 0 Å². The molecule has 0 bridgehead atoms. The first-order valence-corrected chi connectivity index (χ1v) is 7.50. The average molecular weight is 302 g/mol. The van der Waals surface area contributed by atoms with Crippen molar-refractivity contribution in [2.45, 2.75) is 40.2 Å². The normalized spacial score (nSPS) is 10.8. The van der Waals surface area contributed by atoms with Crippen LogP contribution in [0.5, 0.6) is 5.75 Å². The molecular formula is C17H22N2O3. The van der Waals surface area contributed by atoms with Crippen molar-refractivity contribution in [3.63, 3.8) is 0 Å². The Morgan fingerprint density at radius 3 is 2.59 bits per heavy atom. The lowest BCUT2D eigenvalue weighted by molar-refractivity contribution is -0.120. The molecule has 0 atom stereocenters. The SMILES string of the molecule is CCNC(=O)Cc1onc(C)c1-c1ccc(OC(C)C)cc1. The van der Waals surface area contributed by atoms with Crippen molar-refractivity contribution < 1.29 is 14.1 Å². The summed E-state index contributed by atoms with van der Waals surface area (Å²) in [5.41, 5.74) is 2.62. The quantitative estimate of drug-likeness (QED) is 0.890. The van der Waals surface area contributed by atoms with E-state index in [1.54, 1.807) is 0 Å². The van der Waals surface area contributed by atoms with Gasteiger partial charge in [0.2, 0.25) is 5.91 Å². The number of rotatable bonds is 6. The molecule has 0 saturated heterocycles. The highest BCUT2D eigenvalue weighted by Crippen LogP contribution is 2.29. The maximum absolute atomic E-state index is 11.8. The van der Waals surface area contributed by atoms with Gasteiger partial charge in [-0.25, -0.2) is 0 Å². The van der Waals surface area contributed by atoms with Gasteiger partial charge in [-0.2, -0.15) is 0 Å². The van der Waals surface area contributed by atoms with E-state index in [1.807, 2.05) is 52.0 Å². The van der Waals surface area contributed by atoms with Gasteiger partial charge in [-0.05, 0) is 45.4 Å². The van der Waals surface area contributed by atoms with E-state index in [-0.39, 0.29) is 18.4 Å². The zero-order chi connectivity index (χ0) is 16.1. The Morgan fingerprint density at radius 1 is 1.32 bits per heavy atom. The van der Waals surface area contributed by atoms with Gasteiger partial charge in [-0.1, -0.05) is 17.3 Å². The van der Waals surface area contributed by atoms with Crippen molar-refractivity contribution in [1.82, 2.24) is 10.5 Å². The zero-order valence-electron chi connectivity index (χ0n) is 13.5. The van der Waals surface area contributed by atoms with E-state index in [2.05, 4.69) is 10.5 Å². The number of benzene rings is 1. The first-order valence-electron chi connectivity index (χ1n) is 7.50. The van der Waals surface area contributed by atoms with Crippen LogP contribution in [0.3, 0.4) is 0 Å². The number of amides is 1. The molecule has 0 radical (unpaired) electrons. The van der Waals surface area contributed by atoms with Crippen LogP contribution in [0.1, 0.15) is 32.2 Å². The van der Waals surface area contributed by atoms with Crippen LogP contribution in [-0.4, -0.2) is 23.7 Å². The van der Waals surface area contributed by atoms with E-state index in [9.17, 15) is 4.79 Å². The summed E-state index contributed by atoms with van der Waals surface area (Å²) in [6, 6.07) is 7.74. The molecule has 1 amide bonds. The number of hydrogen-bond donors (Lipinski definition) is 1. The van der Waals surface area contributed by atoms with Gasteiger partial charge in [0.15, 0.2) is 5.76 Å². The summed E-state index contributed by atoms with van der Waals surface area (Å²) in [5.74, 6) is 1.33. The summed E-state index contributed by atoms with van der Waals surface area (Å²) in [5, 5.41) is 6.76. The summed E-state index contributed by atoms with van der Waals surface area (Å²) in [6.45, 7) is 8.34. The van der Waals surface area contributed by atoms with Crippen LogP contribution in [0.25, 0.3) is 11.1 Å². The van der Waals surface area contributed by atoms with Crippen molar-refractivity contribution in [3.8, 4) is 16.9 Å². The minimum atomic E-state index is -0.0698. The van der Waals surface area contributed by atoms with Gasteiger partial charge in [0.25, 0.3) is 0 Å². The molecule has 2 aromatic rings. The summed E-state index contributed by atoms with van der Waals surface area (Å²) >= 11 is 0. The second-order valence-electron chi connectivity index (χ2n) is 5.39. The lowest BCUT2D eigenvalue weighted by Crippen LogP contribution is -2.24. The Labute approximate surface area is 130 Å².